The Morgan fingerprint density at radius 1 is 1.15 bits per heavy atom. The normalized spacial score (nSPS) is 15.3. The molecular weight excluding hydrogens is 425 g/mol. The van der Waals surface area contributed by atoms with Gasteiger partial charge in [0, 0.05) is 18.5 Å². The first-order valence-corrected chi connectivity index (χ1v) is 11.1. The Balaban J connectivity index is 0.000000245. The molecule has 33 heavy (non-hydrogen) atoms. The molecule has 3 rings (SSSR count). The number of hydrogen-bond donors (Lipinski definition) is 4. The van der Waals surface area contributed by atoms with E-state index in [1.54, 1.807) is 4.90 Å². The van der Waals surface area contributed by atoms with Crippen LogP contribution in [0.4, 0.5) is 4.79 Å². The molecule has 9 nitrogen and oxygen atoms in total. The van der Waals surface area contributed by atoms with E-state index >= 15 is 0 Å². The lowest BCUT2D eigenvalue weighted by molar-refractivity contribution is -0.138. The summed E-state index contributed by atoms with van der Waals surface area (Å²) in [7, 11) is -0.979. The summed E-state index contributed by atoms with van der Waals surface area (Å²) in [5, 5.41) is 23.1. The number of nitrogens with two attached hydrogens (primary N) is 1. The van der Waals surface area contributed by atoms with Crippen LogP contribution in [-0.2, 0) is 9.53 Å². The molecule has 5 N–H and O–H groups in total. The molecule has 0 spiro atoms. The van der Waals surface area contributed by atoms with Gasteiger partial charge in [0.25, 0.3) is 0 Å². The van der Waals surface area contributed by atoms with E-state index in [1.165, 1.54) is 6.92 Å². The zero-order valence-electron chi connectivity index (χ0n) is 19.4. The van der Waals surface area contributed by atoms with Crippen molar-refractivity contribution in [2.24, 2.45) is 11.7 Å². The van der Waals surface area contributed by atoms with E-state index in [1.807, 2.05) is 42.5 Å². The Morgan fingerprint density at radius 3 is 2.42 bits per heavy atom. The third kappa shape index (κ3) is 8.56. The summed E-state index contributed by atoms with van der Waals surface area (Å²) in [5.41, 5.74) is 5.94. The van der Waals surface area contributed by atoms with Crippen molar-refractivity contribution < 1.29 is 29.1 Å². The number of morpholine rings is 1. The first-order valence-electron chi connectivity index (χ1n) is 11.1. The maximum absolute atomic E-state index is 11.4. The summed E-state index contributed by atoms with van der Waals surface area (Å²) in [6, 6.07) is 12.5. The number of ether oxygens (including phenoxy) is 1. The molecule has 1 fully saturated rings. The van der Waals surface area contributed by atoms with Crippen LogP contribution in [0.2, 0.25) is 0 Å². The van der Waals surface area contributed by atoms with Gasteiger partial charge in [-0.25, -0.2) is 4.79 Å². The maximum atomic E-state index is 11.4. The number of aliphatic carboxylic acids is 1. The van der Waals surface area contributed by atoms with Crippen molar-refractivity contribution in [3.05, 3.63) is 42.5 Å². The molecule has 180 valence electrons. The molecule has 0 unspecified atom stereocenters. The first kappa shape index (κ1) is 26.4. The van der Waals surface area contributed by atoms with Crippen LogP contribution in [0.25, 0.3) is 10.8 Å². The number of fused-ring (bicyclic) bond motifs is 1. The number of carbonyl (C=O) groups is 2. The highest BCUT2D eigenvalue weighted by molar-refractivity contribution is 6.46. The van der Waals surface area contributed by atoms with Crippen LogP contribution in [0.15, 0.2) is 42.5 Å². The Labute approximate surface area is 195 Å². The second-order valence-corrected chi connectivity index (χ2v) is 8.39. The van der Waals surface area contributed by atoms with Gasteiger partial charge in [0.15, 0.2) is 0 Å². The summed E-state index contributed by atoms with van der Waals surface area (Å²) in [6.45, 7) is 7.62. The Kier molecular flexibility index (Phi) is 10.4. The van der Waals surface area contributed by atoms with Gasteiger partial charge in [0.05, 0.1) is 19.2 Å². The van der Waals surface area contributed by atoms with Crippen LogP contribution in [-0.4, -0.2) is 72.4 Å². The van der Waals surface area contributed by atoms with Gasteiger partial charge in [0.1, 0.15) is 11.8 Å². The monoisotopic (exact) mass is 459 g/mol. The summed E-state index contributed by atoms with van der Waals surface area (Å²) in [4.78, 5) is 23.4. The number of rotatable bonds is 7. The number of nitrogens with zero attached hydrogens (tertiary/aromatic N) is 1. The third-order valence-corrected chi connectivity index (χ3v) is 5.12. The number of benzene rings is 2. The molecule has 0 bridgehead atoms. The Hall–Kier alpha value is -2.82. The molecule has 1 heterocycles. The minimum atomic E-state index is -1.04. The number of amides is 2. The van der Waals surface area contributed by atoms with Crippen LogP contribution in [0, 0.1) is 5.92 Å². The lowest BCUT2D eigenvalue weighted by Crippen LogP contribution is -2.50. The zero-order chi connectivity index (χ0) is 24.4. The van der Waals surface area contributed by atoms with Crippen molar-refractivity contribution in [3.63, 3.8) is 0 Å². The van der Waals surface area contributed by atoms with Gasteiger partial charge in [-0.1, -0.05) is 50.2 Å². The number of urea groups is 1. The van der Waals surface area contributed by atoms with Crippen molar-refractivity contribution in [3.8, 4) is 5.75 Å². The highest BCUT2D eigenvalue weighted by Gasteiger charge is 2.26. The average Bonchev–Trinajstić information content (AvgIpc) is 2.79. The fourth-order valence-electron chi connectivity index (χ4n) is 3.28. The van der Waals surface area contributed by atoms with Crippen molar-refractivity contribution in [2.75, 3.05) is 26.3 Å². The van der Waals surface area contributed by atoms with Crippen LogP contribution < -0.4 is 15.7 Å². The number of carboxylic acid groups (broad SMARTS) is 1. The van der Waals surface area contributed by atoms with Gasteiger partial charge in [-0.3, -0.25) is 4.79 Å². The molecule has 1 saturated heterocycles. The summed E-state index contributed by atoms with van der Waals surface area (Å²) < 4.78 is 10.7. The molecular formula is C23H34BN3O6. The van der Waals surface area contributed by atoms with E-state index < -0.39 is 19.1 Å². The van der Waals surface area contributed by atoms with Gasteiger partial charge in [-0.2, -0.15) is 0 Å². The van der Waals surface area contributed by atoms with Crippen LogP contribution >= 0.6 is 0 Å². The van der Waals surface area contributed by atoms with Gasteiger partial charge in [0.2, 0.25) is 0 Å². The first-order chi connectivity index (χ1) is 15.7. The smallest absolute Gasteiger partial charge is 0.535 e. The quantitative estimate of drug-likeness (QED) is 0.466. The summed E-state index contributed by atoms with van der Waals surface area (Å²) in [5.74, 6) is -0.309. The third-order valence-electron chi connectivity index (χ3n) is 5.12. The largest absolute Gasteiger partial charge is 0.540 e. The van der Waals surface area contributed by atoms with E-state index in [4.69, 9.17) is 20.2 Å². The molecule has 2 aromatic rings. The molecule has 0 saturated carbocycles. The molecule has 1 aliphatic rings. The van der Waals surface area contributed by atoms with Crippen LogP contribution in [0.3, 0.4) is 0 Å². The SMILES string of the molecule is CC(C)C[C@H](N)B(O)Oc1cccc2ccccc12.C[C@H](NC(=O)N1CCOCC1)C(=O)O. The minimum Gasteiger partial charge on any atom is -0.535 e. The molecule has 0 radical (unpaired) electrons. The summed E-state index contributed by atoms with van der Waals surface area (Å²) in [6.07, 6.45) is 0.728. The highest BCUT2D eigenvalue weighted by atomic mass is 16.5. The van der Waals surface area contributed by atoms with Crippen molar-refractivity contribution in [1.82, 2.24) is 10.2 Å². The van der Waals surface area contributed by atoms with E-state index in [2.05, 4.69) is 19.2 Å². The highest BCUT2D eigenvalue weighted by Crippen LogP contribution is 2.25. The van der Waals surface area contributed by atoms with E-state index in [9.17, 15) is 14.6 Å². The van der Waals surface area contributed by atoms with E-state index in [0.29, 0.717) is 38.0 Å². The Morgan fingerprint density at radius 2 is 1.79 bits per heavy atom. The van der Waals surface area contributed by atoms with Crippen molar-refractivity contribution in [1.29, 1.82) is 0 Å². The molecule has 1 aliphatic heterocycles. The molecule has 10 heteroatoms. The number of carboxylic acids is 1. The fraction of sp³-hybridized carbons (Fsp3) is 0.478. The lowest BCUT2D eigenvalue weighted by atomic mass is 9.75. The number of carbonyl (C=O) groups excluding carboxylic acids is 1. The maximum Gasteiger partial charge on any atom is 0.540 e. The number of nitrogens with one attached hydrogen (secondary N) is 1. The van der Waals surface area contributed by atoms with Gasteiger partial charge in [-0.15, -0.1) is 0 Å². The Bertz CT molecular complexity index is 901. The van der Waals surface area contributed by atoms with Gasteiger partial charge < -0.3 is 35.5 Å². The average molecular weight is 459 g/mol. The molecule has 2 amide bonds. The topological polar surface area (TPSA) is 134 Å². The second kappa shape index (κ2) is 13.0. The van der Waals surface area contributed by atoms with E-state index in [0.717, 1.165) is 17.2 Å². The van der Waals surface area contributed by atoms with Gasteiger partial charge in [-0.05, 0) is 30.7 Å². The molecule has 2 atom stereocenters. The minimum absolute atomic E-state index is 0.344. The van der Waals surface area contributed by atoms with E-state index in [-0.39, 0.29) is 12.0 Å². The van der Waals surface area contributed by atoms with Crippen molar-refractivity contribution >= 4 is 29.9 Å². The fourth-order valence-corrected chi connectivity index (χ4v) is 3.28. The second-order valence-electron chi connectivity index (χ2n) is 8.39. The predicted molar refractivity (Wildman–Crippen MR) is 128 cm³/mol. The zero-order valence-corrected chi connectivity index (χ0v) is 19.4. The molecule has 2 aromatic carbocycles. The van der Waals surface area contributed by atoms with Gasteiger partial charge >= 0.3 is 19.1 Å². The summed E-state index contributed by atoms with van der Waals surface area (Å²) >= 11 is 0. The lowest BCUT2D eigenvalue weighted by Gasteiger charge is -2.27. The standard InChI is InChI=1S/C15H20BNO2.C8H14N2O4/c1-11(2)10-15(17)16(18)19-14-9-5-7-12-6-3-4-8-13(12)14;1-6(7(11)12)9-8(13)10-2-4-14-5-3-10/h3-9,11,15,18H,10,17H2,1-2H3;6H,2-5H2,1H3,(H,9,13)(H,11,12)/t15-;6-/m00/s1. The van der Waals surface area contributed by atoms with Crippen LogP contribution in [0.5, 0.6) is 5.75 Å². The van der Waals surface area contributed by atoms with Crippen LogP contribution in [0.1, 0.15) is 27.2 Å². The van der Waals surface area contributed by atoms with Crippen molar-refractivity contribution in [2.45, 2.75) is 39.2 Å². The predicted octanol–water partition coefficient (Wildman–Crippen LogP) is 2.11. The molecule has 0 aliphatic carbocycles. The number of hydrogen-bond acceptors (Lipinski definition) is 6. The molecule has 0 aromatic heterocycles.